The average molecular weight is 243 g/mol. The summed E-state index contributed by atoms with van der Waals surface area (Å²) in [5.74, 6) is -1.09. The molecule has 2 N–H and O–H groups in total. The number of nitrogens with one attached hydrogen (secondary N) is 1. The molecule has 0 saturated heterocycles. The van der Waals surface area contributed by atoms with Crippen LogP contribution >= 0.6 is 0 Å². The largest absolute Gasteiger partial charge is 0.396 e. The van der Waals surface area contributed by atoms with Crippen LogP contribution < -0.4 is 5.32 Å². The summed E-state index contributed by atoms with van der Waals surface area (Å²) >= 11 is 0. The lowest BCUT2D eigenvalue weighted by Crippen LogP contribution is -2.30. The van der Waals surface area contributed by atoms with E-state index in [0.717, 1.165) is 6.07 Å². The van der Waals surface area contributed by atoms with Crippen molar-refractivity contribution in [3.05, 3.63) is 35.4 Å². The van der Waals surface area contributed by atoms with Crippen LogP contribution in [0.3, 0.4) is 0 Å². The fraction of sp³-hybridized carbons (Fsp3) is 0.538. The van der Waals surface area contributed by atoms with Crippen LogP contribution in [0.5, 0.6) is 0 Å². The second-order valence-electron chi connectivity index (χ2n) is 4.98. The van der Waals surface area contributed by atoms with Crippen LogP contribution in [0.15, 0.2) is 18.2 Å². The van der Waals surface area contributed by atoms with Crippen LogP contribution in [0.4, 0.5) is 8.78 Å². The Kier molecular flexibility index (Phi) is 5.02. The van der Waals surface area contributed by atoms with Crippen molar-refractivity contribution in [1.29, 1.82) is 0 Å². The number of hydrogen-bond acceptors (Lipinski definition) is 2. The highest BCUT2D eigenvalue weighted by atomic mass is 19.1. The summed E-state index contributed by atoms with van der Waals surface area (Å²) in [4.78, 5) is 0. The van der Waals surface area contributed by atoms with Gasteiger partial charge in [0.1, 0.15) is 11.6 Å². The third-order valence-corrected chi connectivity index (χ3v) is 2.72. The summed E-state index contributed by atoms with van der Waals surface area (Å²) in [7, 11) is 0. The van der Waals surface area contributed by atoms with Gasteiger partial charge in [-0.2, -0.15) is 0 Å². The molecule has 0 unspecified atom stereocenters. The summed E-state index contributed by atoms with van der Waals surface area (Å²) in [5, 5.41) is 12.0. The maximum Gasteiger partial charge on any atom is 0.130 e. The molecule has 0 aliphatic carbocycles. The third kappa shape index (κ3) is 4.79. The monoisotopic (exact) mass is 243 g/mol. The van der Waals surface area contributed by atoms with Crippen molar-refractivity contribution >= 4 is 0 Å². The molecule has 0 fully saturated rings. The van der Waals surface area contributed by atoms with Crippen LogP contribution in [0, 0.1) is 17.0 Å². The smallest absolute Gasteiger partial charge is 0.130 e. The summed E-state index contributed by atoms with van der Waals surface area (Å²) in [6.07, 6.45) is 0.686. The van der Waals surface area contributed by atoms with Crippen LogP contribution in [0.2, 0.25) is 0 Å². The summed E-state index contributed by atoms with van der Waals surface area (Å²) in [5.41, 5.74) is 0.414. The first kappa shape index (κ1) is 14.1. The number of rotatable bonds is 6. The molecular formula is C13H19F2NO. The van der Waals surface area contributed by atoms with E-state index in [-0.39, 0.29) is 12.0 Å². The first-order valence-electron chi connectivity index (χ1n) is 5.70. The molecule has 0 amide bonds. The van der Waals surface area contributed by atoms with Gasteiger partial charge in [0.25, 0.3) is 0 Å². The Balaban J connectivity index is 2.46. The number of benzene rings is 1. The van der Waals surface area contributed by atoms with Gasteiger partial charge in [-0.1, -0.05) is 19.9 Å². The van der Waals surface area contributed by atoms with Gasteiger partial charge in [0.15, 0.2) is 0 Å². The van der Waals surface area contributed by atoms with E-state index in [0.29, 0.717) is 25.1 Å². The Labute approximate surface area is 101 Å². The molecule has 0 spiro atoms. The third-order valence-electron chi connectivity index (χ3n) is 2.72. The van der Waals surface area contributed by atoms with E-state index in [1.807, 2.05) is 13.8 Å². The second kappa shape index (κ2) is 6.07. The minimum absolute atomic E-state index is 0.0365. The first-order valence-corrected chi connectivity index (χ1v) is 5.70. The van der Waals surface area contributed by atoms with Crippen molar-refractivity contribution in [3.8, 4) is 0 Å². The standard InChI is InChI=1S/C13H19F2NO/c1-13(2,5-6-17)9-16-8-10-3-4-11(14)7-12(10)15/h3-4,7,16-17H,5-6,8-9H2,1-2H3. The number of aliphatic hydroxyl groups excluding tert-OH is 1. The predicted octanol–water partition coefficient (Wildman–Crippen LogP) is 2.46. The van der Waals surface area contributed by atoms with E-state index >= 15 is 0 Å². The highest BCUT2D eigenvalue weighted by Gasteiger charge is 2.16. The van der Waals surface area contributed by atoms with Crippen molar-refractivity contribution in [2.75, 3.05) is 13.2 Å². The Morgan fingerprint density at radius 1 is 1.29 bits per heavy atom. The maximum absolute atomic E-state index is 13.3. The molecule has 0 aromatic heterocycles. The van der Waals surface area contributed by atoms with Gasteiger partial charge in [0.2, 0.25) is 0 Å². The van der Waals surface area contributed by atoms with E-state index in [4.69, 9.17) is 5.11 Å². The summed E-state index contributed by atoms with van der Waals surface area (Å²) in [6, 6.07) is 3.57. The van der Waals surface area contributed by atoms with Gasteiger partial charge in [-0.25, -0.2) is 8.78 Å². The van der Waals surface area contributed by atoms with E-state index in [2.05, 4.69) is 5.32 Å². The van der Waals surface area contributed by atoms with Gasteiger partial charge in [0, 0.05) is 31.3 Å². The Hall–Kier alpha value is -1.00. The average Bonchev–Trinajstić information content (AvgIpc) is 2.21. The number of halogens is 2. The molecule has 0 radical (unpaired) electrons. The molecule has 17 heavy (non-hydrogen) atoms. The highest BCUT2D eigenvalue weighted by molar-refractivity contribution is 5.18. The fourth-order valence-corrected chi connectivity index (χ4v) is 1.59. The zero-order valence-corrected chi connectivity index (χ0v) is 10.3. The minimum atomic E-state index is -0.563. The number of aliphatic hydroxyl groups is 1. The van der Waals surface area contributed by atoms with Gasteiger partial charge in [0.05, 0.1) is 0 Å². The van der Waals surface area contributed by atoms with Gasteiger partial charge in [-0.3, -0.25) is 0 Å². The molecule has 0 heterocycles. The van der Waals surface area contributed by atoms with Gasteiger partial charge in [-0.05, 0) is 17.9 Å². The van der Waals surface area contributed by atoms with Crippen LogP contribution in [0.1, 0.15) is 25.8 Å². The lowest BCUT2D eigenvalue weighted by Gasteiger charge is -2.24. The van der Waals surface area contributed by atoms with Crippen molar-refractivity contribution in [2.24, 2.45) is 5.41 Å². The summed E-state index contributed by atoms with van der Waals surface area (Å²) < 4.78 is 26.0. The van der Waals surface area contributed by atoms with Crippen molar-refractivity contribution in [2.45, 2.75) is 26.8 Å². The first-order chi connectivity index (χ1) is 7.94. The molecule has 0 atom stereocenters. The molecule has 0 aliphatic heterocycles. The second-order valence-corrected chi connectivity index (χ2v) is 4.98. The lowest BCUT2D eigenvalue weighted by atomic mass is 9.90. The van der Waals surface area contributed by atoms with Gasteiger partial charge in [-0.15, -0.1) is 0 Å². The predicted molar refractivity (Wildman–Crippen MR) is 63.5 cm³/mol. The molecule has 0 saturated carbocycles. The molecular weight excluding hydrogens is 224 g/mol. The Morgan fingerprint density at radius 3 is 2.59 bits per heavy atom. The fourth-order valence-electron chi connectivity index (χ4n) is 1.59. The van der Waals surface area contributed by atoms with E-state index in [1.165, 1.54) is 12.1 Å². The molecule has 1 rings (SSSR count). The van der Waals surface area contributed by atoms with Crippen molar-refractivity contribution in [1.82, 2.24) is 5.32 Å². The zero-order chi connectivity index (χ0) is 12.9. The van der Waals surface area contributed by atoms with Crippen molar-refractivity contribution < 1.29 is 13.9 Å². The molecule has 2 nitrogen and oxygen atoms in total. The molecule has 96 valence electrons. The molecule has 1 aromatic rings. The van der Waals surface area contributed by atoms with E-state index < -0.39 is 11.6 Å². The van der Waals surface area contributed by atoms with Crippen molar-refractivity contribution in [3.63, 3.8) is 0 Å². The molecule has 0 bridgehead atoms. The molecule has 1 aromatic carbocycles. The van der Waals surface area contributed by atoms with E-state index in [1.54, 1.807) is 0 Å². The Bertz CT molecular complexity index is 366. The quantitative estimate of drug-likeness (QED) is 0.804. The van der Waals surface area contributed by atoms with E-state index in [9.17, 15) is 8.78 Å². The topological polar surface area (TPSA) is 32.3 Å². The maximum atomic E-state index is 13.3. The van der Waals surface area contributed by atoms with Crippen LogP contribution in [-0.2, 0) is 6.54 Å². The van der Waals surface area contributed by atoms with Gasteiger partial charge < -0.3 is 10.4 Å². The number of hydrogen-bond donors (Lipinski definition) is 2. The minimum Gasteiger partial charge on any atom is -0.396 e. The molecule has 4 heteroatoms. The van der Waals surface area contributed by atoms with Crippen LogP contribution in [0.25, 0.3) is 0 Å². The van der Waals surface area contributed by atoms with Gasteiger partial charge >= 0.3 is 0 Å². The Morgan fingerprint density at radius 2 is 2.00 bits per heavy atom. The zero-order valence-electron chi connectivity index (χ0n) is 10.3. The highest BCUT2D eigenvalue weighted by Crippen LogP contribution is 2.18. The normalized spacial score (nSPS) is 11.8. The lowest BCUT2D eigenvalue weighted by molar-refractivity contribution is 0.207. The summed E-state index contributed by atoms with van der Waals surface area (Å²) in [6.45, 7) is 5.22. The SMILES string of the molecule is CC(C)(CCO)CNCc1ccc(F)cc1F. The van der Waals surface area contributed by atoms with Crippen LogP contribution in [-0.4, -0.2) is 18.3 Å². The molecule has 0 aliphatic rings.